The largest absolute Gasteiger partial charge is 0.464 e. The van der Waals surface area contributed by atoms with E-state index in [1.54, 1.807) is 0 Å². The van der Waals surface area contributed by atoms with Gasteiger partial charge in [0.25, 0.3) is 0 Å². The van der Waals surface area contributed by atoms with E-state index in [4.69, 9.17) is 9.40 Å². The van der Waals surface area contributed by atoms with Gasteiger partial charge in [-0.15, -0.1) is 0 Å². The molecule has 0 aliphatic heterocycles. The number of furan rings is 1. The Bertz CT molecular complexity index is 1930. The van der Waals surface area contributed by atoms with Gasteiger partial charge in [-0.25, -0.2) is 4.98 Å². The summed E-state index contributed by atoms with van der Waals surface area (Å²) in [5, 5.41) is 3.49. The second kappa shape index (κ2) is 8.21. The molecule has 0 unspecified atom stereocenters. The molecule has 0 radical (unpaired) electrons. The zero-order valence-corrected chi connectivity index (χ0v) is 21.1. The SMILES string of the molecule is Cc1cc(-n2c(-c3coc4cc5c(C)cccc5cc34)nc3ccccc32)cc(C)c1-c1ccccc1. The van der Waals surface area contributed by atoms with Gasteiger partial charge in [0.15, 0.2) is 0 Å². The monoisotopic (exact) mass is 478 g/mol. The van der Waals surface area contributed by atoms with Crippen LogP contribution in [0.1, 0.15) is 16.7 Å². The lowest BCUT2D eigenvalue weighted by molar-refractivity contribution is 0.617. The third kappa shape index (κ3) is 3.39. The number of aromatic nitrogens is 2. The minimum absolute atomic E-state index is 0.877. The molecule has 2 heterocycles. The van der Waals surface area contributed by atoms with Crippen LogP contribution in [0.5, 0.6) is 0 Å². The molecule has 0 saturated heterocycles. The lowest BCUT2D eigenvalue weighted by atomic mass is 9.95. The van der Waals surface area contributed by atoms with Gasteiger partial charge in [0, 0.05) is 11.1 Å². The van der Waals surface area contributed by atoms with Crippen LogP contribution in [0, 0.1) is 20.8 Å². The molecule has 5 aromatic carbocycles. The molecule has 0 amide bonds. The summed E-state index contributed by atoms with van der Waals surface area (Å²) < 4.78 is 8.40. The van der Waals surface area contributed by atoms with Crippen LogP contribution in [-0.2, 0) is 0 Å². The summed E-state index contributed by atoms with van der Waals surface area (Å²) in [5.74, 6) is 0.887. The zero-order valence-electron chi connectivity index (χ0n) is 21.1. The Balaban J connectivity index is 1.49. The van der Waals surface area contributed by atoms with E-state index in [9.17, 15) is 0 Å². The van der Waals surface area contributed by atoms with E-state index in [2.05, 4.69) is 116 Å². The molecule has 3 nitrogen and oxygen atoms in total. The van der Waals surface area contributed by atoms with Crippen LogP contribution in [-0.4, -0.2) is 9.55 Å². The Morgan fingerprint density at radius 2 is 1.43 bits per heavy atom. The average molecular weight is 479 g/mol. The lowest BCUT2D eigenvalue weighted by Gasteiger charge is -2.16. The van der Waals surface area contributed by atoms with Crippen molar-refractivity contribution in [2.45, 2.75) is 20.8 Å². The van der Waals surface area contributed by atoms with Crippen molar-refractivity contribution in [1.29, 1.82) is 0 Å². The number of rotatable bonds is 3. The first kappa shape index (κ1) is 21.6. The van der Waals surface area contributed by atoms with E-state index in [-0.39, 0.29) is 0 Å². The number of fused-ring (bicyclic) bond motifs is 3. The molecule has 3 heteroatoms. The molecule has 0 aliphatic carbocycles. The van der Waals surface area contributed by atoms with Crippen molar-refractivity contribution in [3.05, 3.63) is 120 Å². The number of hydrogen-bond acceptors (Lipinski definition) is 2. The lowest BCUT2D eigenvalue weighted by Crippen LogP contribution is -2.00. The van der Waals surface area contributed by atoms with Crippen LogP contribution in [0.15, 0.2) is 108 Å². The number of nitrogens with zero attached hydrogens (tertiary/aromatic N) is 2. The van der Waals surface area contributed by atoms with Crippen molar-refractivity contribution in [3.63, 3.8) is 0 Å². The normalized spacial score (nSPS) is 11.6. The van der Waals surface area contributed by atoms with Crippen LogP contribution >= 0.6 is 0 Å². The quantitative estimate of drug-likeness (QED) is 0.253. The summed E-state index contributed by atoms with van der Waals surface area (Å²) in [6.07, 6.45) is 1.86. The maximum absolute atomic E-state index is 6.12. The fraction of sp³-hybridized carbons (Fsp3) is 0.0882. The molecule has 0 saturated carbocycles. The van der Waals surface area contributed by atoms with Gasteiger partial charge in [0.2, 0.25) is 0 Å². The van der Waals surface area contributed by atoms with E-state index in [0.717, 1.165) is 39.1 Å². The van der Waals surface area contributed by atoms with Crippen molar-refractivity contribution in [2.75, 3.05) is 0 Å². The van der Waals surface area contributed by atoms with E-state index in [1.165, 1.54) is 38.6 Å². The van der Waals surface area contributed by atoms with E-state index in [1.807, 2.05) is 12.3 Å². The predicted octanol–water partition coefficient (Wildman–Crippen LogP) is 9.18. The van der Waals surface area contributed by atoms with Crippen molar-refractivity contribution in [3.8, 4) is 28.2 Å². The molecule has 0 aliphatic rings. The fourth-order valence-electron chi connectivity index (χ4n) is 5.73. The first-order chi connectivity index (χ1) is 18.1. The highest BCUT2D eigenvalue weighted by Crippen LogP contribution is 2.38. The number of aryl methyl sites for hydroxylation is 3. The predicted molar refractivity (Wildman–Crippen MR) is 153 cm³/mol. The molecule has 178 valence electrons. The van der Waals surface area contributed by atoms with Gasteiger partial charge >= 0.3 is 0 Å². The summed E-state index contributed by atoms with van der Waals surface area (Å²) in [5.41, 5.74) is 11.3. The maximum Gasteiger partial charge on any atom is 0.149 e. The Labute approximate surface area is 215 Å². The van der Waals surface area contributed by atoms with E-state index in [0.29, 0.717) is 0 Å². The highest BCUT2D eigenvalue weighted by molar-refractivity contribution is 6.04. The van der Waals surface area contributed by atoms with Gasteiger partial charge in [-0.05, 0) is 95.8 Å². The summed E-state index contributed by atoms with van der Waals surface area (Å²) in [6.45, 7) is 6.53. The number of benzene rings is 5. The fourth-order valence-corrected chi connectivity index (χ4v) is 5.73. The van der Waals surface area contributed by atoms with Crippen LogP contribution < -0.4 is 0 Å². The minimum atomic E-state index is 0.877. The van der Waals surface area contributed by atoms with Crippen LogP contribution in [0.2, 0.25) is 0 Å². The first-order valence-corrected chi connectivity index (χ1v) is 12.6. The number of para-hydroxylation sites is 2. The average Bonchev–Trinajstić information content (AvgIpc) is 3.49. The molecule has 2 aromatic heterocycles. The van der Waals surface area contributed by atoms with Crippen LogP contribution in [0.25, 0.3) is 61.0 Å². The topological polar surface area (TPSA) is 31.0 Å². The van der Waals surface area contributed by atoms with Crippen molar-refractivity contribution in [2.24, 2.45) is 0 Å². The number of hydrogen-bond donors (Lipinski definition) is 0. The Kier molecular flexibility index (Phi) is 4.80. The summed E-state index contributed by atoms with van der Waals surface area (Å²) in [7, 11) is 0. The molecule has 0 N–H and O–H groups in total. The molecule has 0 fully saturated rings. The standard InChI is InChI=1S/C34H26N2O/c1-21-10-9-13-25-18-28-29(20-37-32(28)19-27(21)25)34-35-30-14-7-8-15-31(30)36(34)26-16-22(2)33(23(3)17-26)24-11-5-4-6-12-24/h4-20H,1-3H3. The van der Waals surface area contributed by atoms with Crippen molar-refractivity contribution in [1.82, 2.24) is 9.55 Å². The minimum Gasteiger partial charge on any atom is -0.464 e. The van der Waals surface area contributed by atoms with Crippen LogP contribution in [0.4, 0.5) is 0 Å². The Morgan fingerprint density at radius 1 is 0.676 bits per heavy atom. The summed E-state index contributed by atoms with van der Waals surface area (Å²) in [4.78, 5) is 5.12. The molecule has 7 rings (SSSR count). The number of imidazole rings is 1. The first-order valence-electron chi connectivity index (χ1n) is 12.6. The highest BCUT2D eigenvalue weighted by atomic mass is 16.3. The molecule has 0 spiro atoms. The van der Waals surface area contributed by atoms with Crippen molar-refractivity contribution < 1.29 is 4.42 Å². The molecule has 7 aromatic rings. The maximum atomic E-state index is 6.12. The molecule has 0 atom stereocenters. The van der Waals surface area contributed by atoms with Gasteiger partial charge in [0.05, 0.1) is 16.6 Å². The van der Waals surface area contributed by atoms with Gasteiger partial charge in [-0.2, -0.15) is 0 Å². The second-order valence-electron chi connectivity index (χ2n) is 9.87. The highest BCUT2D eigenvalue weighted by Gasteiger charge is 2.20. The molecular formula is C34H26N2O. The van der Waals surface area contributed by atoms with Gasteiger partial charge in [-0.3, -0.25) is 4.57 Å². The van der Waals surface area contributed by atoms with Crippen molar-refractivity contribution >= 4 is 32.8 Å². The second-order valence-corrected chi connectivity index (χ2v) is 9.87. The third-order valence-electron chi connectivity index (χ3n) is 7.43. The smallest absolute Gasteiger partial charge is 0.149 e. The van der Waals surface area contributed by atoms with E-state index >= 15 is 0 Å². The van der Waals surface area contributed by atoms with Gasteiger partial charge in [-0.1, -0.05) is 60.7 Å². The molecule has 37 heavy (non-hydrogen) atoms. The summed E-state index contributed by atoms with van der Waals surface area (Å²) in [6, 6.07) is 34.3. The van der Waals surface area contributed by atoms with E-state index < -0.39 is 0 Å². The zero-order chi connectivity index (χ0) is 25.1. The Hall–Kier alpha value is -4.63. The third-order valence-corrected chi connectivity index (χ3v) is 7.43. The Morgan fingerprint density at radius 3 is 2.24 bits per heavy atom. The molecule has 0 bridgehead atoms. The van der Waals surface area contributed by atoms with Gasteiger partial charge < -0.3 is 4.42 Å². The molecular weight excluding hydrogens is 452 g/mol. The van der Waals surface area contributed by atoms with Crippen LogP contribution in [0.3, 0.4) is 0 Å². The summed E-state index contributed by atoms with van der Waals surface area (Å²) >= 11 is 0. The van der Waals surface area contributed by atoms with Gasteiger partial charge in [0.1, 0.15) is 17.7 Å².